The van der Waals surface area contributed by atoms with Crippen molar-refractivity contribution in [3.63, 3.8) is 0 Å². The van der Waals surface area contributed by atoms with E-state index < -0.39 is 6.04 Å². The largest absolute Gasteiger partial charge is 0.464 e. The highest BCUT2D eigenvalue weighted by atomic mass is 16.5. The molecule has 0 unspecified atom stereocenters. The number of rotatable bonds is 7. The SMILES string of the molecule is CC(C)COC(=O)[C@@H](N)CCCN(C)C. The maximum Gasteiger partial charge on any atom is 0.322 e. The molecule has 0 aliphatic rings. The molecule has 0 aromatic carbocycles. The molecule has 0 radical (unpaired) electrons. The summed E-state index contributed by atoms with van der Waals surface area (Å²) >= 11 is 0. The van der Waals surface area contributed by atoms with Crippen molar-refractivity contribution in [2.75, 3.05) is 27.2 Å². The van der Waals surface area contributed by atoms with Crippen LogP contribution in [-0.2, 0) is 9.53 Å². The van der Waals surface area contributed by atoms with Crippen LogP contribution in [0.1, 0.15) is 26.7 Å². The normalized spacial score (nSPS) is 13.3. The quantitative estimate of drug-likeness (QED) is 0.641. The molecule has 0 saturated carbocycles. The van der Waals surface area contributed by atoms with Crippen molar-refractivity contribution in [2.24, 2.45) is 11.7 Å². The molecule has 0 aromatic rings. The van der Waals surface area contributed by atoms with Crippen LogP contribution in [0.4, 0.5) is 0 Å². The lowest BCUT2D eigenvalue weighted by atomic mass is 10.1. The molecule has 0 saturated heterocycles. The molecule has 90 valence electrons. The molecule has 0 spiro atoms. The third-order valence-electron chi connectivity index (χ3n) is 1.98. The molecule has 0 heterocycles. The lowest BCUT2D eigenvalue weighted by molar-refractivity contribution is -0.146. The summed E-state index contributed by atoms with van der Waals surface area (Å²) in [5.74, 6) is 0.0883. The van der Waals surface area contributed by atoms with Gasteiger partial charge in [-0.25, -0.2) is 0 Å². The first-order valence-corrected chi connectivity index (χ1v) is 5.50. The monoisotopic (exact) mass is 216 g/mol. The molecule has 4 heteroatoms. The third kappa shape index (κ3) is 8.39. The summed E-state index contributed by atoms with van der Waals surface area (Å²) < 4.78 is 5.05. The van der Waals surface area contributed by atoms with E-state index in [1.165, 1.54) is 0 Å². The number of nitrogens with zero attached hydrogens (tertiary/aromatic N) is 1. The number of carbonyl (C=O) groups excluding carboxylic acids is 1. The highest BCUT2D eigenvalue weighted by molar-refractivity contribution is 5.75. The zero-order chi connectivity index (χ0) is 11.8. The molecule has 0 fully saturated rings. The molecule has 0 aromatic heterocycles. The van der Waals surface area contributed by atoms with Gasteiger partial charge < -0.3 is 15.4 Å². The van der Waals surface area contributed by atoms with Gasteiger partial charge in [0, 0.05) is 0 Å². The fraction of sp³-hybridized carbons (Fsp3) is 0.909. The van der Waals surface area contributed by atoms with Crippen LogP contribution in [0.25, 0.3) is 0 Å². The van der Waals surface area contributed by atoms with Crippen molar-refractivity contribution < 1.29 is 9.53 Å². The number of carbonyl (C=O) groups is 1. The van der Waals surface area contributed by atoms with Gasteiger partial charge in [-0.2, -0.15) is 0 Å². The van der Waals surface area contributed by atoms with E-state index in [0.717, 1.165) is 13.0 Å². The summed E-state index contributed by atoms with van der Waals surface area (Å²) in [4.78, 5) is 13.4. The Hall–Kier alpha value is -0.610. The standard InChI is InChI=1S/C11H24N2O2/c1-9(2)8-15-11(14)10(12)6-5-7-13(3)4/h9-10H,5-8,12H2,1-4H3/t10-/m0/s1. The molecular formula is C11H24N2O2. The second-order valence-electron chi connectivity index (χ2n) is 4.58. The van der Waals surface area contributed by atoms with Gasteiger partial charge in [0.25, 0.3) is 0 Å². The number of hydrogen-bond acceptors (Lipinski definition) is 4. The Morgan fingerprint density at radius 2 is 2.00 bits per heavy atom. The van der Waals surface area contributed by atoms with Crippen LogP contribution in [0.3, 0.4) is 0 Å². The Morgan fingerprint density at radius 3 is 2.47 bits per heavy atom. The van der Waals surface area contributed by atoms with E-state index in [1.54, 1.807) is 0 Å². The van der Waals surface area contributed by atoms with Gasteiger partial charge in [-0.3, -0.25) is 4.79 Å². The molecule has 2 N–H and O–H groups in total. The van der Waals surface area contributed by atoms with Crippen molar-refractivity contribution in [3.8, 4) is 0 Å². The summed E-state index contributed by atoms with van der Waals surface area (Å²) in [5, 5.41) is 0. The van der Waals surface area contributed by atoms with Gasteiger partial charge in [-0.05, 0) is 39.4 Å². The molecule has 4 nitrogen and oxygen atoms in total. The van der Waals surface area contributed by atoms with E-state index >= 15 is 0 Å². The number of ether oxygens (including phenoxy) is 1. The number of esters is 1. The minimum absolute atomic E-state index is 0.276. The fourth-order valence-corrected chi connectivity index (χ4v) is 1.10. The lowest BCUT2D eigenvalue weighted by Crippen LogP contribution is -2.33. The second-order valence-corrected chi connectivity index (χ2v) is 4.58. The van der Waals surface area contributed by atoms with Gasteiger partial charge in [0.05, 0.1) is 6.61 Å². The maximum atomic E-state index is 11.4. The van der Waals surface area contributed by atoms with Crippen LogP contribution in [0, 0.1) is 5.92 Å². The third-order valence-corrected chi connectivity index (χ3v) is 1.98. The molecule has 0 aliphatic carbocycles. The van der Waals surface area contributed by atoms with E-state index in [1.807, 2.05) is 27.9 Å². The average molecular weight is 216 g/mol. The van der Waals surface area contributed by atoms with Crippen LogP contribution in [0.15, 0.2) is 0 Å². The van der Waals surface area contributed by atoms with Gasteiger partial charge in [-0.1, -0.05) is 13.8 Å². The molecule has 0 amide bonds. The summed E-state index contributed by atoms with van der Waals surface area (Å²) in [6.45, 7) is 5.42. The molecule has 15 heavy (non-hydrogen) atoms. The van der Waals surface area contributed by atoms with Crippen molar-refractivity contribution >= 4 is 5.97 Å². The van der Waals surface area contributed by atoms with Crippen molar-refractivity contribution in [1.29, 1.82) is 0 Å². The summed E-state index contributed by atoms with van der Waals surface area (Å²) in [6.07, 6.45) is 1.61. The molecular weight excluding hydrogens is 192 g/mol. The minimum Gasteiger partial charge on any atom is -0.464 e. The average Bonchev–Trinajstić information content (AvgIpc) is 2.13. The first kappa shape index (κ1) is 14.4. The predicted molar refractivity (Wildman–Crippen MR) is 61.6 cm³/mol. The van der Waals surface area contributed by atoms with Crippen LogP contribution in [0.5, 0.6) is 0 Å². The highest BCUT2D eigenvalue weighted by Crippen LogP contribution is 2.00. The Labute approximate surface area is 92.8 Å². The van der Waals surface area contributed by atoms with Crippen LogP contribution >= 0.6 is 0 Å². The summed E-state index contributed by atoms with van der Waals surface area (Å²) in [6, 6.07) is -0.469. The molecule has 1 atom stereocenters. The van der Waals surface area contributed by atoms with Gasteiger partial charge in [0.15, 0.2) is 0 Å². The molecule has 0 rings (SSSR count). The topological polar surface area (TPSA) is 55.6 Å². The van der Waals surface area contributed by atoms with Crippen LogP contribution < -0.4 is 5.73 Å². The highest BCUT2D eigenvalue weighted by Gasteiger charge is 2.14. The van der Waals surface area contributed by atoms with Crippen LogP contribution in [0.2, 0.25) is 0 Å². The first-order valence-electron chi connectivity index (χ1n) is 5.50. The van der Waals surface area contributed by atoms with Gasteiger partial charge >= 0.3 is 5.97 Å². The van der Waals surface area contributed by atoms with Crippen LogP contribution in [-0.4, -0.2) is 44.2 Å². The lowest BCUT2D eigenvalue weighted by Gasteiger charge is -2.14. The van der Waals surface area contributed by atoms with E-state index in [9.17, 15) is 4.79 Å². The van der Waals surface area contributed by atoms with E-state index in [2.05, 4.69) is 4.90 Å². The number of hydrogen-bond donors (Lipinski definition) is 1. The van der Waals surface area contributed by atoms with E-state index in [0.29, 0.717) is 18.9 Å². The van der Waals surface area contributed by atoms with Crippen molar-refractivity contribution in [3.05, 3.63) is 0 Å². The smallest absolute Gasteiger partial charge is 0.322 e. The molecule has 0 aliphatic heterocycles. The first-order chi connectivity index (χ1) is 6.93. The zero-order valence-electron chi connectivity index (χ0n) is 10.3. The zero-order valence-corrected chi connectivity index (χ0v) is 10.3. The van der Waals surface area contributed by atoms with E-state index in [4.69, 9.17) is 10.5 Å². The Morgan fingerprint density at radius 1 is 1.40 bits per heavy atom. The van der Waals surface area contributed by atoms with Gasteiger partial charge in [-0.15, -0.1) is 0 Å². The Balaban J connectivity index is 3.60. The second kappa shape index (κ2) is 7.65. The minimum atomic E-state index is -0.469. The summed E-state index contributed by atoms with van der Waals surface area (Å²) in [5.41, 5.74) is 5.70. The van der Waals surface area contributed by atoms with E-state index in [-0.39, 0.29) is 5.97 Å². The maximum absolute atomic E-state index is 11.4. The Kier molecular flexibility index (Phi) is 7.34. The van der Waals surface area contributed by atoms with Gasteiger partial charge in [0.1, 0.15) is 6.04 Å². The summed E-state index contributed by atoms with van der Waals surface area (Å²) in [7, 11) is 4.01. The fourth-order valence-electron chi connectivity index (χ4n) is 1.10. The van der Waals surface area contributed by atoms with Crippen molar-refractivity contribution in [1.82, 2.24) is 4.90 Å². The Bertz CT molecular complexity index is 181. The van der Waals surface area contributed by atoms with Gasteiger partial charge in [0.2, 0.25) is 0 Å². The molecule has 0 bridgehead atoms. The van der Waals surface area contributed by atoms with Crippen molar-refractivity contribution in [2.45, 2.75) is 32.7 Å². The predicted octanol–water partition coefficient (Wildman–Crippen LogP) is 0.855. The number of nitrogens with two attached hydrogens (primary N) is 1.